The fraction of sp³-hybridized carbons (Fsp3) is 0.675. The Hall–Kier alpha value is -3.78. The van der Waals surface area contributed by atoms with Crippen LogP contribution in [0.4, 0.5) is 4.79 Å². The highest BCUT2D eigenvalue weighted by molar-refractivity contribution is 8.00. The number of carbonyl (C=O) groups is 5. The first-order chi connectivity index (χ1) is 26.0. The van der Waals surface area contributed by atoms with E-state index in [-0.39, 0.29) is 72.5 Å². The molecule has 0 bridgehead atoms. The van der Waals surface area contributed by atoms with Crippen molar-refractivity contribution in [1.29, 1.82) is 0 Å². The van der Waals surface area contributed by atoms with Crippen LogP contribution in [0.3, 0.4) is 0 Å². The highest BCUT2D eigenvalue weighted by Crippen LogP contribution is 2.33. The van der Waals surface area contributed by atoms with Crippen LogP contribution in [0.5, 0.6) is 5.75 Å². The van der Waals surface area contributed by atoms with Crippen LogP contribution in [-0.4, -0.2) is 90.5 Å². The number of fused-ring (bicyclic) bond motifs is 1. The van der Waals surface area contributed by atoms with Gasteiger partial charge in [-0.25, -0.2) is 4.79 Å². The second-order valence-corrected chi connectivity index (χ2v) is 16.0. The molecular weight excluding hydrogens is 707 g/mol. The zero-order valence-corrected chi connectivity index (χ0v) is 33.0. The van der Waals surface area contributed by atoms with E-state index >= 15 is 0 Å². The molecule has 0 saturated carbocycles. The SMILES string of the molecule is C=C(N)[C@H](CCCCNC(=O)CCCCC1SCC2NC(=O)NC21)CC(=O)[C@H](Cc1ccc(O)cc1)NC(=O)CCCCCNC(=O)CCCCCNC. The highest BCUT2D eigenvalue weighted by atomic mass is 32.2. The molecule has 5 atom stereocenters. The Kier molecular flexibility index (Phi) is 20.9. The normalized spacial score (nSPS) is 18.5. The number of nitrogens with two attached hydrogens (primary N) is 1. The monoisotopic (exact) mass is 771 g/mol. The van der Waals surface area contributed by atoms with Crippen molar-refractivity contribution in [3.63, 3.8) is 0 Å². The lowest BCUT2D eigenvalue weighted by Crippen LogP contribution is -2.43. The van der Waals surface area contributed by atoms with Gasteiger partial charge in [-0.3, -0.25) is 19.2 Å². The maximum atomic E-state index is 13.6. The summed E-state index contributed by atoms with van der Waals surface area (Å²) in [6.45, 7) is 6.01. The van der Waals surface area contributed by atoms with Crippen LogP contribution in [0.25, 0.3) is 0 Å². The molecular formula is C40H65N7O6S. The third kappa shape index (κ3) is 17.6. The lowest BCUT2D eigenvalue weighted by Gasteiger charge is -2.22. The number of urea groups is 1. The molecule has 302 valence electrons. The summed E-state index contributed by atoms with van der Waals surface area (Å²) in [6, 6.07) is 6.16. The number of unbranched alkanes of at least 4 members (excludes halogenated alkanes) is 6. The number of phenols is 1. The lowest BCUT2D eigenvalue weighted by molar-refractivity contribution is -0.128. The third-order valence-electron chi connectivity index (χ3n) is 10.2. The van der Waals surface area contributed by atoms with Gasteiger partial charge in [0.15, 0.2) is 5.78 Å². The minimum absolute atomic E-state index is 0.0269. The van der Waals surface area contributed by atoms with Crippen molar-refractivity contribution in [2.75, 3.05) is 32.4 Å². The van der Waals surface area contributed by atoms with E-state index < -0.39 is 6.04 Å². The first kappa shape index (κ1) is 44.6. The van der Waals surface area contributed by atoms with E-state index in [1.807, 2.05) is 18.8 Å². The van der Waals surface area contributed by atoms with Crippen molar-refractivity contribution >= 4 is 41.3 Å². The molecule has 0 spiro atoms. The Morgan fingerprint density at radius 1 is 0.852 bits per heavy atom. The standard InChI is InChI=1S/C40H65N7O6S/c1-28(41)30(13-9-12-24-44-37(51)16-8-7-14-35-39-33(27-54-35)46-40(53)47-39)26-34(49)32(25-29-18-20-31(48)21-19-29)45-38(52)17-6-4-11-23-43-36(50)15-5-3-10-22-42-2/h18-21,30,32-33,35,39,42,48H,1,3-17,22-27,41H2,2H3,(H,43,50)(H,44,51)(H,45,52)(H2,46,47,53)/t30-,32+,33?,35?,39?/m1/s1. The molecule has 2 aliphatic heterocycles. The average Bonchev–Trinajstić information content (AvgIpc) is 3.70. The number of rotatable bonds is 29. The molecule has 13 nitrogen and oxygen atoms in total. The summed E-state index contributed by atoms with van der Waals surface area (Å²) >= 11 is 1.88. The number of hydrogen-bond donors (Lipinski definition) is 8. The second kappa shape index (κ2) is 25.3. The molecule has 1 aromatic rings. The van der Waals surface area contributed by atoms with Gasteiger partial charge in [-0.2, -0.15) is 11.8 Å². The van der Waals surface area contributed by atoms with Crippen LogP contribution in [0, 0.1) is 5.92 Å². The van der Waals surface area contributed by atoms with E-state index in [1.54, 1.807) is 24.3 Å². The summed E-state index contributed by atoms with van der Waals surface area (Å²) in [4.78, 5) is 62.6. The number of Topliss-reactive ketones (excluding diaryl/α,β-unsaturated/α-hetero) is 1. The summed E-state index contributed by atoms with van der Waals surface area (Å²) in [5.41, 5.74) is 7.38. The predicted octanol–water partition coefficient (Wildman–Crippen LogP) is 3.94. The maximum absolute atomic E-state index is 13.6. The van der Waals surface area contributed by atoms with Crippen LogP contribution in [0.2, 0.25) is 0 Å². The van der Waals surface area contributed by atoms with E-state index in [9.17, 15) is 29.1 Å². The van der Waals surface area contributed by atoms with Crippen molar-refractivity contribution in [3.8, 4) is 5.75 Å². The first-order valence-electron chi connectivity index (χ1n) is 20.0. The van der Waals surface area contributed by atoms with Gasteiger partial charge in [0.2, 0.25) is 17.7 Å². The predicted molar refractivity (Wildman–Crippen MR) is 215 cm³/mol. The molecule has 2 fully saturated rings. The molecule has 0 radical (unpaired) electrons. The Morgan fingerprint density at radius 2 is 1.46 bits per heavy atom. The van der Waals surface area contributed by atoms with E-state index in [1.165, 1.54) is 0 Å². The molecule has 0 aliphatic carbocycles. The Balaban J connectivity index is 1.34. The summed E-state index contributed by atoms with van der Waals surface area (Å²) in [5.74, 6) is 0.547. The van der Waals surface area contributed by atoms with Gasteiger partial charge in [-0.1, -0.05) is 44.4 Å². The zero-order valence-electron chi connectivity index (χ0n) is 32.2. The Labute approximate surface area is 326 Å². The molecule has 14 heteroatoms. The quantitative estimate of drug-likeness (QED) is 0.0439. The summed E-state index contributed by atoms with van der Waals surface area (Å²) in [5, 5.41) is 28.1. The molecule has 54 heavy (non-hydrogen) atoms. The summed E-state index contributed by atoms with van der Waals surface area (Å²) in [7, 11) is 1.92. The second-order valence-electron chi connectivity index (χ2n) is 14.7. The number of amides is 5. The van der Waals surface area contributed by atoms with Crippen LogP contribution in [-0.2, 0) is 25.6 Å². The molecule has 1 aromatic carbocycles. The van der Waals surface area contributed by atoms with Crippen molar-refractivity contribution in [2.24, 2.45) is 11.7 Å². The van der Waals surface area contributed by atoms with Crippen LogP contribution >= 0.6 is 11.8 Å². The smallest absolute Gasteiger partial charge is 0.315 e. The van der Waals surface area contributed by atoms with Crippen LogP contribution < -0.4 is 37.6 Å². The number of aromatic hydroxyl groups is 1. The Morgan fingerprint density at radius 3 is 2.11 bits per heavy atom. The van der Waals surface area contributed by atoms with Gasteiger partial charge >= 0.3 is 6.03 Å². The minimum Gasteiger partial charge on any atom is -0.508 e. The first-order valence-corrected chi connectivity index (χ1v) is 21.0. The third-order valence-corrected chi connectivity index (χ3v) is 11.7. The van der Waals surface area contributed by atoms with Gasteiger partial charge < -0.3 is 42.7 Å². The van der Waals surface area contributed by atoms with E-state index in [2.05, 4.69) is 38.5 Å². The number of allylic oxidation sites excluding steroid dienone is 1. The van der Waals surface area contributed by atoms with Crippen LogP contribution in [0.15, 0.2) is 36.5 Å². The van der Waals surface area contributed by atoms with E-state index in [4.69, 9.17) is 5.73 Å². The van der Waals surface area contributed by atoms with Crippen molar-refractivity contribution in [3.05, 3.63) is 42.1 Å². The largest absolute Gasteiger partial charge is 0.508 e. The maximum Gasteiger partial charge on any atom is 0.315 e. The van der Waals surface area contributed by atoms with Crippen molar-refractivity contribution in [1.82, 2.24) is 31.9 Å². The fourth-order valence-electron chi connectivity index (χ4n) is 6.96. The van der Waals surface area contributed by atoms with Gasteiger partial charge in [-0.15, -0.1) is 0 Å². The molecule has 0 aromatic heterocycles. The Bertz CT molecular complexity index is 1350. The van der Waals surface area contributed by atoms with Crippen LogP contribution in [0.1, 0.15) is 108 Å². The molecule has 9 N–H and O–H groups in total. The van der Waals surface area contributed by atoms with Gasteiger partial charge in [0.05, 0.1) is 18.1 Å². The van der Waals surface area contributed by atoms with E-state index in [0.717, 1.165) is 82.1 Å². The topological polar surface area (TPSA) is 204 Å². The summed E-state index contributed by atoms with van der Waals surface area (Å²) < 4.78 is 0. The number of carbonyl (C=O) groups excluding carboxylic acids is 5. The molecule has 3 rings (SSSR count). The zero-order chi connectivity index (χ0) is 39.1. The highest BCUT2D eigenvalue weighted by Gasteiger charge is 2.42. The van der Waals surface area contributed by atoms with Crippen molar-refractivity contribution in [2.45, 2.75) is 133 Å². The molecule has 3 unspecified atom stereocenters. The van der Waals surface area contributed by atoms with E-state index in [0.29, 0.717) is 49.7 Å². The molecule has 2 heterocycles. The van der Waals surface area contributed by atoms with Gasteiger partial charge in [0.1, 0.15) is 5.75 Å². The van der Waals surface area contributed by atoms with Gasteiger partial charge in [0.25, 0.3) is 0 Å². The molecule has 5 amide bonds. The number of thioether (sulfide) groups is 1. The number of nitrogens with one attached hydrogen (secondary N) is 6. The molecule has 2 aliphatic rings. The fourth-order valence-corrected chi connectivity index (χ4v) is 8.50. The number of ketones is 1. The molecule has 2 saturated heterocycles. The van der Waals surface area contributed by atoms with Crippen molar-refractivity contribution < 1.29 is 29.1 Å². The lowest BCUT2D eigenvalue weighted by atomic mass is 9.89. The number of phenolic OH excluding ortho intramolecular Hbond substituents is 1. The minimum atomic E-state index is -0.752. The van der Waals surface area contributed by atoms with Gasteiger partial charge in [0, 0.05) is 61.4 Å². The average molecular weight is 772 g/mol. The number of hydrogen-bond acceptors (Lipinski definition) is 9. The van der Waals surface area contributed by atoms with Gasteiger partial charge in [-0.05, 0) is 89.1 Å². The summed E-state index contributed by atoms with van der Waals surface area (Å²) in [6.07, 6.45) is 11.7. The number of benzene rings is 1.